The Morgan fingerprint density at radius 3 is 2.36 bits per heavy atom. The van der Waals surface area contributed by atoms with Gasteiger partial charge in [-0.15, -0.1) is 0 Å². The summed E-state index contributed by atoms with van der Waals surface area (Å²) in [5.41, 5.74) is 0. The molecule has 0 amide bonds. The topological polar surface area (TPSA) is 24.7 Å². The van der Waals surface area contributed by atoms with Crippen molar-refractivity contribution in [3.63, 3.8) is 0 Å². The minimum absolute atomic E-state index is 0.756. The Kier molecular flexibility index (Phi) is 13.7. The van der Waals surface area contributed by atoms with Crippen LogP contribution in [0.25, 0.3) is 0 Å². The van der Waals surface area contributed by atoms with Gasteiger partial charge >= 0.3 is 0 Å². The van der Waals surface area contributed by atoms with Gasteiger partial charge in [0.05, 0.1) is 0 Å². The molecule has 0 bridgehead atoms. The molecule has 2 nitrogen and oxygen atoms in total. The zero-order chi connectivity index (χ0) is 9.11. The van der Waals surface area contributed by atoms with Crippen molar-refractivity contribution < 1.29 is 0 Å². The highest BCUT2D eigenvalue weighted by Crippen LogP contribution is 1.79. The lowest BCUT2D eigenvalue weighted by Gasteiger charge is -1.84. The predicted octanol–water partition coefficient (Wildman–Crippen LogP) is 3.06. The van der Waals surface area contributed by atoms with Crippen molar-refractivity contribution in [1.29, 1.82) is 0 Å². The fraction of sp³-hybridized carbons (Fsp3) is 0.556. The average molecular weight is 154 g/mol. The molecule has 64 valence electrons. The van der Waals surface area contributed by atoms with Crippen molar-refractivity contribution in [3.8, 4) is 0 Å². The lowest BCUT2D eigenvalue weighted by Crippen LogP contribution is -1.83. The van der Waals surface area contributed by atoms with Gasteiger partial charge in [-0.2, -0.15) is 0 Å². The first-order valence-corrected chi connectivity index (χ1v) is 3.99. The fourth-order valence-corrected chi connectivity index (χ4v) is 0.389. The maximum atomic E-state index is 3.99. The first-order valence-electron chi connectivity index (χ1n) is 3.99. The summed E-state index contributed by atoms with van der Waals surface area (Å²) in [7, 11) is 0. The minimum Gasteiger partial charge on any atom is -0.246 e. The molecule has 0 aromatic heterocycles. The van der Waals surface area contributed by atoms with Crippen LogP contribution in [0.2, 0.25) is 0 Å². The third kappa shape index (κ3) is 12.3. The highest BCUT2D eigenvalue weighted by Gasteiger charge is 1.76. The van der Waals surface area contributed by atoms with Crippen LogP contribution in [-0.2, 0) is 0 Å². The number of nitrogens with zero attached hydrogens (tertiary/aromatic N) is 2. The van der Waals surface area contributed by atoms with Crippen molar-refractivity contribution in [2.75, 3.05) is 0 Å². The number of amidine groups is 1. The lowest BCUT2D eigenvalue weighted by molar-refractivity contribution is 1.32. The van der Waals surface area contributed by atoms with E-state index in [9.17, 15) is 0 Å². The van der Waals surface area contributed by atoms with Gasteiger partial charge in [-0.1, -0.05) is 27.4 Å². The van der Waals surface area contributed by atoms with Gasteiger partial charge in [-0.25, -0.2) is 9.98 Å². The van der Waals surface area contributed by atoms with Gasteiger partial charge in [0.2, 0.25) is 0 Å². The Hall–Kier alpha value is -0.920. The quantitative estimate of drug-likeness (QED) is 0.431. The van der Waals surface area contributed by atoms with Crippen molar-refractivity contribution in [2.24, 2.45) is 9.98 Å². The summed E-state index contributed by atoms with van der Waals surface area (Å²) in [6.45, 7) is 11.3. The first-order chi connectivity index (χ1) is 5.31. The normalized spacial score (nSPS) is 10.7. The molecule has 0 heterocycles. The predicted molar refractivity (Wildman–Crippen MR) is 53.4 cm³/mol. The van der Waals surface area contributed by atoms with E-state index >= 15 is 0 Å². The van der Waals surface area contributed by atoms with Crippen LogP contribution < -0.4 is 0 Å². The highest BCUT2D eigenvalue weighted by molar-refractivity contribution is 5.87. The molecule has 0 spiro atoms. The zero-order valence-corrected chi connectivity index (χ0v) is 7.96. The molecule has 0 aliphatic rings. The van der Waals surface area contributed by atoms with Gasteiger partial charge in [-0.05, 0) is 13.3 Å². The second-order valence-electron chi connectivity index (χ2n) is 1.58. The lowest BCUT2D eigenvalue weighted by atomic mass is 10.5. The molecule has 11 heavy (non-hydrogen) atoms. The maximum Gasteiger partial charge on any atom is 0.124 e. The Morgan fingerprint density at radius 1 is 1.45 bits per heavy atom. The molecule has 0 fully saturated rings. The second-order valence-corrected chi connectivity index (χ2v) is 1.58. The summed E-state index contributed by atoms with van der Waals surface area (Å²) in [6.07, 6.45) is 4.26. The van der Waals surface area contributed by atoms with Crippen molar-refractivity contribution in [1.82, 2.24) is 0 Å². The van der Waals surface area contributed by atoms with E-state index in [2.05, 4.69) is 16.6 Å². The molecule has 0 saturated heterocycles. The molecule has 0 aliphatic heterocycles. The average Bonchev–Trinajstić information content (AvgIpc) is 2.05. The maximum absolute atomic E-state index is 3.99. The van der Waals surface area contributed by atoms with Crippen LogP contribution in [-0.4, -0.2) is 12.1 Å². The van der Waals surface area contributed by atoms with Crippen LogP contribution in [0.3, 0.4) is 0 Å². The fourth-order valence-electron chi connectivity index (χ4n) is 0.389. The Labute approximate surface area is 69.8 Å². The van der Waals surface area contributed by atoms with Crippen LogP contribution >= 0.6 is 0 Å². The van der Waals surface area contributed by atoms with E-state index in [1.807, 2.05) is 33.9 Å². The van der Waals surface area contributed by atoms with Crippen LogP contribution in [0.1, 0.15) is 34.1 Å². The van der Waals surface area contributed by atoms with Gasteiger partial charge in [0.25, 0.3) is 0 Å². The van der Waals surface area contributed by atoms with Gasteiger partial charge in [0.1, 0.15) is 5.84 Å². The Morgan fingerprint density at radius 2 is 2.00 bits per heavy atom. The molecular weight excluding hydrogens is 136 g/mol. The second kappa shape index (κ2) is 11.8. The molecule has 0 aromatic carbocycles. The molecule has 0 radical (unpaired) electrons. The van der Waals surface area contributed by atoms with Crippen molar-refractivity contribution in [3.05, 3.63) is 12.8 Å². The molecule has 0 N–H and O–H groups in total. The SMILES string of the molecule is C=CN=C(C)N=CCC.CC. The summed E-state index contributed by atoms with van der Waals surface area (Å²) >= 11 is 0. The summed E-state index contributed by atoms with van der Waals surface area (Å²) in [5, 5.41) is 0. The van der Waals surface area contributed by atoms with Crippen LogP contribution in [0.5, 0.6) is 0 Å². The van der Waals surface area contributed by atoms with E-state index in [-0.39, 0.29) is 0 Å². The Bertz CT molecular complexity index is 134. The minimum atomic E-state index is 0.756. The summed E-state index contributed by atoms with van der Waals surface area (Å²) in [5.74, 6) is 0.756. The van der Waals surface area contributed by atoms with Gasteiger partial charge < -0.3 is 0 Å². The smallest absolute Gasteiger partial charge is 0.124 e. The monoisotopic (exact) mass is 154 g/mol. The third-order valence-electron chi connectivity index (χ3n) is 0.739. The van der Waals surface area contributed by atoms with Gasteiger partial charge in [0, 0.05) is 12.4 Å². The molecular formula is C9H18N2. The molecule has 0 aliphatic carbocycles. The third-order valence-corrected chi connectivity index (χ3v) is 0.739. The van der Waals surface area contributed by atoms with E-state index in [0.717, 1.165) is 12.3 Å². The summed E-state index contributed by atoms with van der Waals surface area (Å²) < 4.78 is 0. The largest absolute Gasteiger partial charge is 0.246 e. The molecule has 0 saturated carbocycles. The molecule has 0 unspecified atom stereocenters. The number of hydrogen-bond acceptors (Lipinski definition) is 1. The van der Waals surface area contributed by atoms with E-state index < -0.39 is 0 Å². The first kappa shape index (κ1) is 12.7. The van der Waals surface area contributed by atoms with E-state index in [1.54, 1.807) is 0 Å². The van der Waals surface area contributed by atoms with Gasteiger partial charge in [0.15, 0.2) is 0 Å². The zero-order valence-electron chi connectivity index (χ0n) is 7.96. The number of hydrogen-bond donors (Lipinski definition) is 0. The summed E-state index contributed by atoms with van der Waals surface area (Å²) in [4.78, 5) is 7.83. The standard InChI is InChI=1S/C7H12N2.C2H6/c1-4-6-9-7(3)8-5-2;1-2/h5-6H,2,4H2,1,3H3;1-2H3. The molecule has 0 aromatic rings. The Balaban J connectivity index is 0. The number of rotatable bonds is 2. The van der Waals surface area contributed by atoms with Crippen molar-refractivity contribution in [2.45, 2.75) is 34.1 Å². The van der Waals surface area contributed by atoms with Crippen LogP contribution in [0.15, 0.2) is 22.8 Å². The number of aliphatic imine (C=N–C) groups is 2. The van der Waals surface area contributed by atoms with E-state index in [1.165, 1.54) is 6.20 Å². The molecule has 2 heteroatoms. The molecule has 0 rings (SSSR count). The van der Waals surface area contributed by atoms with Crippen molar-refractivity contribution >= 4 is 12.1 Å². The van der Waals surface area contributed by atoms with E-state index in [0.29, 0.717) is 0 Å². The highest BCUT2D eigenvalue weighted by atomic mass is 14.9. The van der Waals surface area contributed by atoms with E-state index in [4.69, 9.17) is 0 Å². The van der Waals surface area contributed by atoms with Crippen LogP contribution in [0, 0.1) is 0 Å². The van der Waals surface area contributed by atoms with Gasteiger partial charge in [-0.3, -0.25) is 0 Å². The molecule has 0 atom stereocenters. The van der Waals surface area contributed by atoms with Crippen LogP contribution in [0.4, 0.5) is 0 Å². The summed E-state index contributed by atoms with van der Waals surface area (Å²) in [6, 6.07) is 0.